The molecule has 2 nitrogen and oxygen atoms in total. The Hall–Kier alpha value is -1.35. The monoisotopic (exact) mass is 214 g/mol. The molecule has 1 aromatic carbocycles. The van der Waals surface area contributed by atoms with Crippen molar-refractivity contribution in [1.82, 2.24) is 0 Å². The number of carbonyl (C=O) groups is 1. The highest BCUT2D eigenvalue weighted by atomic mass is 35.5. The molecule has 0 bridgehead atoms. The molecule has 0 aliphatic carbocycles. The van der Waals surface area contributed by atoms with Gasteiger partial charge in [-0.3, -0.25) is 4.79 Å². The van der Waals surface area contributed by atoms with Crippen LogP contribution in [0, 0.1) is 5.82 Å². The van der Waals surface area contributed by atoms with Crippen molar-refractivity contribution in [3.8, 4) is 5.75 Å². The van der Waals surface area contributed by atoms with Crippen LogP contribution in [0.15, 0.2) is 29.8 Å². The molecule has 0 atom stereocenters. The topological polar surface area (TPSA) is 26.3 Å². The van der Waals surface area contributed by atoms with E-state index < -0.39 is 5.82 Å². The summed E-state index contributed by atoms with van der Waals surface area (Å²) in [5.41, 5.74) is 1.55. The lowest BCUT2D eigenvalue weighted by Gasteiger charge is -2.03. The predicted octanol–water partition coefficient (Wildman–Crippen LogP) is 2.77. The van der Waals surface area contributed by atoms with Gasteiger partial charge in [0.25, 0.3) is 0 Å². The van der Waals surface area contributed by atoms with Crippen LogP contribution >= 0.6 is 11.6 Å². The summed E-state index contributed by atoms with van der Waals surface area (Å²) in [6.45, 7) is 0.241. The predicted molar refractivity (Wildman–Crippen MR) is 52.3 cm³/mol. The molecule has 74 valence electrons. The van der Waals surface area contributed by atoms with Gasteiger partial charge in [0.15, 0.2) is 0 Å². The molecule has 1 rings (SSSR count). The maximum Gasteiger partial charge on any atom is 0.150 e. The summed E-state index contributed by atoms with van der Waals surface area (Å²) in [5, 5.41) is 0. The maximum atomic E-state index is 12.8. The normalized spacial score (nSPS) is 10.4. The van der Waals surface area contributed by atoms with Crippen molar-refractivity contribution >= 4 is 17.9 Å². The largest absolute Gasteiger partial charge is 0.489 e. The van der Waals surface area contributed by atoms with Gasteiger partial charge in [-0.1, -0.05) is 11.6 Å². The van der Waals surface area contributed by atoms with Crippen LogP contribution in [-0.2, 0) is 0 Å². The highest BCUT2D eigenvalue weighted by molar-refractivity contribution is 6.25. The molecule has 0 unspecified atom stereocenters. The quantitative estimate of drug-likeness (QED) is 0.721. The van der Waals surface area contributed by atoms with Crippen LogP contribution in [0.3, 0.4) is 0 Å². The molecule has 0 aromatic heterocycles. The van der Waals surface area contributed by atoms with Crippen LogP contribution < -0.4 is 4.74 Å². The second-order valence-corrected chi connectivity index (χ2v) is 2.76. The first-order valence-corrected chi connectivity index (χ1v) is 4.33. The lowest BCUT2D eigenvalue weighted by atomic mass is 10.2. The molecule has 0 spiro atoms. The van der Waals surface area contributed by atoms with Gasteiger partial charge in [-0.25, -0.2) is 4.39 Å². The minimum absolute atomic E-state index is 0.241. The third-order valence-electron chi connectivity index (χ3n) is 1.47. The van der Waals surface area contributed by atoms with Crippen molar-refractivity contribution in [2.24, 2.45) is 0 Å². The van der Waals surface area contributed by atoms with Gasteiger partial charge in [-0.05, 0) is 18.2 Å². The van der Waals surface area contributed by atoms with Crippen LogP contribution in [-0.4, -0.2) is 12.9 Å². The highest BCUT2D eigenvalue weighted by Crippen LogP contribution is 2.15. The van der Waals surface area contributed by atoms with E-state index in [0.717, 1.165) is 6.07 Å². The van der Waals surface area contributed by atoms with Gasteiger partial charge >= 0.3 is 0 Å². The Morgan fingerprint density at radius 3 is 2.86 bits per heavy atom. The lowest BCUT2D eigenvalue weighted by Crippen LogP contribution is -1.95. The van der Waals surface area contributed by atoms with Crippen LogP contribution in [0.25, 0.3) is 0 Å². The Labute approximate surface area is 85.9 Å². The van der Waals surface area contributed by atoms with Gasteiger partial charge in [0.2, 0.25) is 0 Å². The fourth-order valence-electron chi connectivity index (χ4n) is 0.916. The Balaban J connectivity index is 2.76. The second kappa shape index (κ2) is 5.40. The second-order valence-electron chi connectivity index (χ2n) is 2.51. The minimum Gasteiger partial charge on any atom is -0.489 e. The smallest absolute Gasteiger partial charge is 0.150 e. The van der Waals surface area contributed by atoms with Gasteiger partial charge in [-0.2, -0.15) is 0 Å². The van der Waals surface area contributed by atoms with E-state index in [1.807, 2.05) is 0 Å². The first-order chi connectivity index (χ1) is 6.76. The first-order valence-electron chi connectivity index (χ1n) is 3.90. The average molecular weight is 215 g/mol. The van der Waals surface area contributed by atoms with Crippen molar-refractivity contribution in [2.75, 3.05) is 6.61 Å². The summed E-state index contributed by atoms with van der Waals surface area (Å²) in [6, 6.07) is 3.80. The van der Waals surface area contributed by atoms with Crippen LogP contribution in [0.4, 0.5) is 4.39 Å². The van der Waals surface area contributed by atoms with Crippen LogP contribution in [0.2, 0.25) is 0 Å². The van der Waals surface area contributed by atoms with Gasteiger partial charge in [0.1, 0.15) is 24.5 Å². The molecule has 0 saturated carbocycles. The van der Waals surface area contributed by atoms with Crippen molar-refractivity contribution < 1.29 is 13.9 Å². The fourth-order valence-corrected chi connectivity index (χ4v) is 0.989. The summed E-state index contributed by atoms with van der Waals surface area (Å²) >= 11 is 5.27. The Morgan fingerprint density at radius 1 is 1.43 bits per heavy atom. The van der Waals surface area contributed by atoms with Crippen molar-refractivity contribution in [2.45, 2.75) is 0 Å². The number of carbonyl (C=O) groups excluding carboxylic acids is 1. The number of halogens is 2. The number of hydrogen-bond donors (Lipinski definition) is 0. The van der Waals surface area contributed by atoms with E-state index in [1.54, 1.807) is 6.08 Å². The molecule has 1 aromatic rings. The van der Waals surface area contributed by atoms with E-state index in [1.165, 1.54) is 17.7 Å². The SMILES string of the molecule is O=Cc1cc(F)cc(OC/C=C/Cl)c1. The number of rotatable bonds is 4. The number of ether oxygens (including phenoxy) is 1. The summed E-state index contributed by atoms with van der Waals surface area (Å²) in [4.78, 5) is 10.4. The number of aldehydes is 1. The zero-order chi connectivity index (χ0) is 10.4. The zero-order valence-electron chi connectivity index (χ0n) is 7.24. The van der Waals surface area contributed by atoms with E-state index >= 15 is 0 Å². The van der Waals surface area contributed by atoms with Gasteiger partial charge in [0, 0.05) is 17.2 Å². The first kappa shape index (κ1) is 10.7. The highest BCUT2D eigenvalue weighted by Gasteiger charge is 1.99. The van der Waals surface area contributed by atoms with Gasteiger partial charge in [0.05, 0.1) is 0 Å². The molecule has 0 fully saturated rings. The molecule has 0 saturated heterocycles. The molecule has 4 heteroatoms. The third kappa shape index (κ3) is 3.18. The van der Waals surface area contributed by atoms with Crippen LogP contribution in [0.1, 0.15) is 10.4 Å². The molecule has 0 radical (unpaired) electrons. The summed E-state index contributed by atoms with van der Waals surface area (Å²) in [5.74, 6) is -0.193. The summed E-state index contributed by atoms with van der Waals surface area (Å²) in [7, 11) is 0. The van der Waals surface area contributed by atoms with Crippen molar-refractivity contribution in [3.05, 3.63) is 41.2 Å². The molecule has 0 aliphatic rings. The molecule has 0 aliphatic heterocycles. The van der Waals surface area contributed by atoms with Crippen LogP contribution in [0.5, 0.6) is 5.75 Å². The molecular formula is C10H8ClFO2. The molecule has 0 N–H and O–H groups in total. The van der Waals surface area contributed by atoms with E-state index in [2.05, 4.69) is 0 Å². The minimum atomic E-state index is -0.501. The molecule has 14 heavy (non-hydrogen) atoms. The molecule has 0 amide bonds. The van der Waals surface area contributed by atoms with Gasteiger partial charge in [-0.15, -0.1) is 0 Å². The van der Waals surface area contributed by atoms with E-state index in [9.17, 15) is 9.18 Å². The van der Waals surface area contributed by atoms with E-state index in [-0.39, 0.29) is 12.2 Å². The lowest BCUT2D eigenvalue weighted by molar-refractivity contribution is 0.112. The summed E-state index contributed by atoms with van der Waals surface area (Å²) in [6.07, 6.45) is 2.13. The van der Waals surface area contributed by atoms with Crippen molar-refractivity contribution in [1.29, 1.82) is 0 Å². The molecular weight excluding hydrogens is 207 g/mol. The Kier molecular flexibility index (Phi) is 4.13. The Morgan fingerprint density at radius 2 is 2.21 bits per heavy atom. The zero-order valence-corrected chi connectivity index (χ0v) is 8.00. The molecule has 0 heterocycles. The Bertz CT molecular complexity index is 350. The van der Waals surface area contributed by atoms with Crippen molar-refractivity contribution in [3.63, 3.8) is 0 Å². The van der Waals surface area contributed by atoms with Gasteiger partial charge < -0.3 is 4.74 Å². The van der Waals surface area contributed by atoms with E-state index in [4.69, 9.17) is 16.3 Å². The third-order valence-corrected chi connectivity index (χ3v) is 1.64. The number of hydrogen-bond acceptors (Lipinski definition) is 2. The standard InChI is InChI=1S/C10H8ClFO2/c11-2-1-3-14-10-5-8(7-13)4-9(12)6-10/h1-2,4-7H,3H2/b2-1+. The maximum absolute atomic E-state index is 12.8. The fraction of sp³-hybridized carbons (Fsp3) is 0.100. The van der Waals surface area contributed by atoms with E-state index in [0.29, 0.717) is 12.0 Å². The number of benzene rings is 1. The summed E-state index contributed by atoms with van der Waals surface area (Å²) < 4.78 is 17.9. The average Bonchev–Trinajstić information content (AvgIpc) is 2.17.